The molecule has 18 heavy (non-hydrogen) atoms. The standard InChI is InChI=1S/C14H17O4/c1-3-11-9-12(6-7-14(11)17)13(16)5-4-8-18-10(2)15/h6-7,9H,3-5,8H2,1-2H3. The summed E-state index contributed by atoms with van der Waals surface area (Å²) in [7, 11) is 0. The van der Waals surface area contributed by atoms with Crippen LogP contribution in [0.15, 0.2) is 18.2 Å². The SMILES string of the molecule is CCc1cc(C(=O)CCCOC(C)=O)ccc1[O]. The van der Waals surface area contributed by atoms with Crippen LogP contribution < -0.4 is 0 Å². The van der Waals surface area contributed by atoms with Gasteiger partial charge in [-0.15, -0.1) is 0 Å². The fourth-order valence-corrected chi connectivity index (χ4v) is 1.62. The highest BCUT2D eigenvalue weighted by molar-refractivity contribution is 5.96. The second kappa shape index (κ2) is 6.79. The van der Waals surface area contributed by atoms with Gasteiger partial charge in [-0.1, -0.05) is 6.92 Å². The minimum atomic E-state index is -0.341. The molecular formula is C14H17O4. The third kappa shape index (κ3) is 4.20. The minimum absolute atomic E-state index is 0.0307. The van der Waals surface area contributed by atoms with Crippen LogP contribution in [0.1, 0.15) is 42.6 Å². The molecule has 0 aliphatic rings. The number of aryl methyl sites for hydroxylation is 1. The molecule has 0 atom stereocenters. The van der Waals surface area contributed by atoms with Crippen molar-refractivity contribution in [3.8, 4) is 5.75 Å². The van der Waals surface area contributed by atoms with E-state index in [9.17, 15) is 14.7 Å². The average molecular weight is 249 g/mol. The van der Waals surface area contributed by atoms with Crippen molar-refractivity contribution >= 4 is 11.8 Å². The van der Waals surface area contributed by atoms with E-state index in [2.05, 4.69) is 0 Å². The molecule has 0 aromatic heterocycles. The van der Waals surface area contributed by atoms with Gasteiger partial charge in [0.15, 0.2) is 11.5 Å². The van der Waals surface area contributed by atoms with Crippen molar-refractivity contribution < 1.29 is 19.4 Å². The maximum Gasteiger partial charge on any atom is 0.302 e. The largest absolute Gasteiger partial charge is 0.466 e. The van der Waals surface area contributed by atoms with Crippen molar-refractivity contribution in [2.24, 2.45) is 0 Å². The summed E-state index contributed by atoms with van der Waals surface area (Å²) in [6.07, 6.45) is 1.43. The Morgan fingerprint density at radius 2 is 2.00 bits per heavy atom. The molecule has 1 aromatic rings. The molecule has 1 rings (SSSR count). The fourth-order valence-electron chi connectivity index (χ4n) is 1.62. The smallest absolute Gasteiger partial charge is 0.302 e. The summed E-state index contributed by atoms with van der Waals surface area (Å²) in [5.74, 6) is -0.405. The summed E-state index contributed by atoms with van der Waals surface area (Å²) in [4.78, 5) is 22.4. The van der Waals surface area contributed by atoms with Crippen molar-refractivity contribution in [1.82, 2.24) is 0 Å². The van der Waals surface area contributed by atoms with Crippen LogP contribution in [0.5, 0.6) is 5.75 Å². The minimum Gasteiger partial charge on any atom is -0.466 e. The number of hydrogen-bond donors (Lipinski definition) is 0. The molecule has 4 nitrogen and oxygen atoms in total. The Labute approximate surface area is 107 Å². The molecule has 0 fully saturated rings. The van der Waals surface area contributed by atoms with E-state index < -0.39 is 0 Å². The lowest BCUT2D eigenvalue weighted by atomic mass is 10.0. The first-order valence-electron chi connectivity index (χ1n) is 6.01. The lowest BCUT2D eigenvalue weighted by Crippen LogP contribution is -2.05. The molecule has 0 amide bonds. The monoisotopic (exact) mass is 249 g/mol. The first-order valence-corrected chi connectivity index (χ1v) is 6.01. The summed E-state index contributed by atoms with van der Waals surface area (Å²) in [6, 6.07) is 4.63. The molecule has 4 heteroatoms. The van der Waals surface area contributed by atoms with Crippen molar-refractivity contribution in [3.63, 3.8) is 0 Å². The molecule has 0 unspecified atom stereocenters. The van der Waals surface area contributed by atoms with E-state index in [0.29, 0.717) is 30.4 Å². The van der Waals surface area contributed by atoms with Gasteiger partial charge in [-0.3, -0.25) is 14.7 Å². The van der Waals surface area contributed by atoms with Crippen LogP contribution in [0.25, 0.3) is 0 Å². The molecule has 0 saturated heterocycles. The molecule has 0 saturated carbocycles. The van der Waals surface area contributed by atoms with Gasteiger partial charge in [0.1, 0.15) is 0 Å². The van der Waals surface area contributed by atoms with E-state index in [1.54, 1.807) is 12.1 Å². The van der Waals surface area contributed by atoms with E-state index in [4.69, 9.17) is 4.74 Å². The highest BCUT2D eigenvalue weighted by atomic mass is 16.5. The van der Waals surface area contributed by atoms with Gasteiger partial charge in [0.25, 0.3) is 0 Å². The maximum absolute atomic E-state index is 11.8. The summed E-state index contributed by atoms with van der Waals surface area (Å²) in [5.41, 5.74) is 1.20. The molecule has 0 heterocycles. The van der Waals surface area contributed by atoms with Gasteiger partial charge < -0.3 is 4.74 Å². The summed E-state index contributed by atoms with van der Waals surface area (Å²) in [6.45, 7) is 3.47. The normalized spacial score (nSPS) is 10.1. The number of rotatable bonds is 6. The highest BCUT2D eigenvalue weighted by Crippen LogP contribution is 2.20. The molecule has 1 radical (unpaired) electrons. The second-order valence-electron chi connectivity index (χ2n) is 4.04. The molecule has 0 N–H and O–H groups in total. The van der Waals surface area contributed by atoms with Crippen LogP contribution in [-0.2, 0) is 21.1 Å². The quantitative estimate of drug-likeness (QED) is 0.442. The molecule has 1 aromatic carbocycles. The Morgan fingerprint density at radius 1 is 1.28 bits per heavy atom. The molecule has 0 bridgehead atoms. The van der Waals surface area contributed by atoms with Crippen molar-refractivity contribution in [1.29, 1.82) is 0 Å². The molecule has 0 aliphatic carbocycles. The number of Topliss-reactive ketones (excluding diaryl/α,β-unsaturated/α-hetero) is 1. The average Bonchev–Trinajstić information content (AvgIpc) is 2.34. The zero-order chi connectivity index (χ0) is 13.5. The van der Waals surface area contributed by atoms with E-state index >= 15 is 0 Å². The van der Waals surface area contributed by atoms with Crippen LogP contribution in [0.3, 0.4) is 0 Å². The van der Waals surface area contributed by atoms with Gasteiger partial charge in [-0.2, -0.15) is 0 Å². The molecular weight excluding hydrogens is 232 g/mol. The van der Waals surface area contributed by atoms with Crippen molar-refractivity contribution in [2.75, 3.05) is 6.61 Å². The predicted octanol–water partition coefficient (Wildman–Crippen LogP) is 2.92. The van der Waals surface area contributed by atoms with Crippen LogP contribution in [0, 0.1) is 0 Å². The lowest BCUT2D eigenvalue weighted by Gasteiger charge is -2.04. The van der Waals surface area contributed by atoms with Gasteiger partial charge in [-0.05, 0) is 36.6 Å². The van der Waals surface area contributed by atoms with Crippen LogP contribution in [0.4, 0.5) is 0 Å². The topological polar surface area (TPSA) is 63.3 Å². The van der Waals surface area contributed by atoms with Crippen LogP contribution >= 0.6 is 0 Å². The van der Waals surface area contributed by atoms with E-state index in [1.807, 2.05) is 6.92 Å². The molecule has 0 spiro atoms. The van der Waals surface area contributed by atoms with Gasteiger partial charge in [-0.25, -0.2) is 0 Å². The fraction of sp³-hybridized carbons (Fsp3) is 0.429. The highest BCUT2D eigenvalue weighted by Gasteiger charge is 2.09. The number of ether oxygens (including phenoxy) is 1. The van der Waals surface area contributed by atoms with Gasteiger partial charge >= 0.3 is 5.97 Å². The summed E-state index contributed by atoms with van der Waals surface area (Å²) < 4.78 is 4.75. The first-order chi connectivity index (χ1) is 8.54. The van der Waals surface area contributed by atoms with Gasteiger partial charge in [0.2, 0.25) is 0 Å². The third-order valence-corrected chi connectivity index (χ3v) is 2.62. The van der Waals surface area contributed by atoms with Gasteiger partial charge in [0, 0.05) is 18.9 Å². The Hall–Kier alpha value is -1.84. The number of hydrogen-bond acceptors (Lipinski definition) is 3. The third-order valence-electron chi connectivity index (χ3n) is 2.62. The summed E-state index contributed by atoms with van der Waals surface area (Å²) >= 11 is 0. The Bertz CT molecular complexity index is 437. The zero-order valence-corrected chi connectivity index (χ0v) is 10.7. The van der Waals surface area contributed by atoms with Crippen LogP contribution in [0.2, 0.25) is 0 Å². The number of carbonyl (C=O) groups is 2. The van der Waals surface area contributed by atoms with Crippen molar-refractivity contribution in [3.05, 3.63) is 29.3 Å². The number of benzene rings is 1. The lowest BCUT2D eigenvalue weighted by molar-refractivity contribution is -0.141. The number of carbonyl (C=O) groups excluding carboxylic acids is 2. The maximum atomic E-state index is 11.8. The first kappa shape index (κ1) is 14.2. The van der Waals surface area contributed by atoms with E-state index in [0.717, 1.165) is 0 Å². The Kier molecular flexibility index (Phi) is 5.36. The number of esters is 1. The Morgan fingerprint density at radius 3 is 2.61 bits per heavy atom. The molecule has 97 valence electrons. The molecule has 0 aliphatic heterocycles. The van der Waals surface area contributed by atoms with Crippen LogP contribution in [-0.4, -0.2) is 18.4 Å². The zero-order valence-electron chi connectivity index (χ0n) is 10.7. The van der Waals surface area contributed by atoms with Crippen molar-refractivity contribution in [2.45, 2.75) is 33.1 Å². The predicted molar refractivity (Wildman–Crippen MR) is 66.2 cm³/mol. The van der Waals surface area contributed by atoms with E-state index in [-0.39, 0.29) is 24.1 Å². The Balaban J connectivity index is 2.53. The summed E-state index contributed by atoms with van der Waals surface area (Å²) in [5, 5.41) is 11.4. The number of ketones is 1. The van der Waals surface area contributed by atoms with E-state index in [1.165, 1.54) is 13.0 Å². The second-order valence-corrected chi connectivity index (χ2v) is 4.04. The van der Waals surface area contributed by atoms with Gasteiger partial charge in [0.05, 0.1) is 6.61 Å².